The van der Waals surface area contributed by atoms with Crippen LogP contribution in [0.15, 0.2) is 59.7 Å². The number of halogens is 3. The lowest BCUT2D eigenvalue weighted by atomic mass is 9.95. The van der Waals surface area contributed by atoms with Crippen LogP contribution in [0.4, 0.5) is 13.2 Å². The summed E-state index contributed by atoms with van der Waals surface area (Å²) in [6.45, 7) is 5.95. The molecule has 172 valence electrons. The van der Waals surface area contributed by atoms with E-state index >= 15 is 0 Å². The van der Waals surface area contributed by atoms with Gasteiger partial charge in [0.05, 0.1) is 23.0 Å². The normalized spacial score (nSPS) is 22.5. The van der Waals surface area contributed by atoms with Crippen LogP contribution in [-0.2, 0) is 6.18 Å². The van der Waals surface area contributed by atoms with Gasteiger partial charge in [0.25, 0.3) is 0 Å². The fraction of sp³-hybridized carbons (Fsp3) is 0.360. The average Bonchev–Trinajstić information content (AvgIpc) is 3.45. The first-order valence-electron chi connectivity index (χ1n) is 11.1. The third kappa shape index (κ3) is 3.64. The number of hydrogen-bond donors (Lipinski definition) is 0. The van der Waals surface area contributed by atoms with Crippen molar-refractivity contribution in [1.29, 1.82) is 0 Å². The predicted molar refractivity (Wildman–Crippen MR) is 126 cm³/mol. The third-order valence-electron chi connectivity index (χ3n) is 6.57. The Bertz CT molecular complexity index is 1200. The fourth-order valence-electron chi connectivity index (χ4n) is 5.05. The molecule has 0 saturated carbocycles. The van der Waals surface area contributed by atoms with E-state index in [-0.39, 0.29) is 17.8 Å². The predicted octanol–water partition coefficient (Wildman–Crippen LogP) is 6.49. The number of hydrogen-bond acceptors (Lipinski definition) is 4. The van der Waals surface area contributed by atoms with Crippen LogP contribution < -0.4 is 0 Å². The molecule has 1 aromatic carbocycles. The second-order valence-electron chi connectivity index (χ2n) is 8.51. The van der Waals surface area contributed by atoms with Crippen LogP contribution in [0.3, 0.4) is 0 Å². The van der Waals surface area contributed by atoms with Crippen molar-refractivity contribution in [1.82, 2.24) is 14.5 Å². The molecule has 2 aliphatic rings. The molecule has 4 heterocycles. The zero-order valence-corrected chi connectivity index (χ0v) is 19.5. The van der Waals surface area contributed by atoms with Gasteiger partial charge < -0.3 is 9.47 Å². The van der Waals surface area contributed by atoms with Gasteiger partial charge in [-0.1, -0.05) is 36.9 Å². The fourth-order valence-corrected chi connectivity index (χ4v) is 6.39. The van der Waals surface area contributed by atoms with Crippen molar-refractivity contribution in [3.63, 3.8) is 0 Å². The summed E-state index contributed by atoms with van der Waals surface area (Å²) >= 11 is 1.75. The summed E-state index contributed by atoms with van der Waals surface area (Å²) in [5, 5.41) is 1.00. The minimum atomic E-state index is -4.43. The van der Waals surface area contributed by atoms with Gasteiger partial charge in [0.15, 0.2) is 5.17 Å². The van der Waals surface area contributed by atoms with Gasteiger partial charge in [0, 0.05) is 29.4 Å². The number of benzene rings is 1. The Hall–Kier alpha value is -2.74. The summed E-state index contributed by atoms with van der Waals surface area (Å²) in [7, 11) is 0. The molecular weight excluding hydrogens is 445 g/mol. The van der Waals surface area contributed by atoms with E-state index in [1.807, 2.05) is 38.1 Å². The average molecular weight is 471 g/mol. The van der Waals surface area contributed by atoms with Gasteiger partial charge in [0.1, 0.15) is 6.04 Å². The number of alkyl halides is 3. The van der Waals surface area contributed by atoms with Crippen molar-refractivity contribution in [2.45, 2.75) is 51.5 Å². The number of thioether (sulfide) groups is 1. The number of aliphatic imine (C=N–C) groups is 1. The Morgan fingerprint density at radius 1 is 1.09 bits per heavy atom. The molecule has 0 unspecified atom stereocenters. The lowest BCUT2D eigenvalue weighted by molar-refractivity contribution is -0.137. The molecule has 33 heavy (non-hydrogen) atoms. The van der Waals surface area contributed by atoms with E-state index in [0.717, 1.165) is 46.1 Å². The molecule has 5 rings (SSSR count). The van der Waals surface area contributed by atoms with Crippen molar-refractivity contribution in [3.05, 3.63) is 82.9 Å². The van der Waals surface area contributed by atoms with Gasteiger partial charge in [-0.3, -0.25) is 9.98 Å². The topological polar surface area (TPSA) is 33.4 Å². The number of para-hydroxylation sites is 1. The number of nitrogens with zero attached hydrogens (tertiary/aromatic N) is 4. The molecule has 0 aliphatic carbocycles. The van der Waals surface area contributed by atoms with Crippen molar-refractivity contribution in [2.75, 3.05) is 5.75 Å². The van der Waals surface area contributed by atoms with Gasteiger partial charge in [-0.2, -0.15) is 13.2 Å². The molecule has 0 N–H and O–H groups in total. The van der Waals surface area contributed by atoms with Crippen molar-refractivity contribution in [2.24, 2.45) is 4.99 Å². The minimum absolute atomic E-state index is 0.104. The van der Waals surface area contributed by atoms with Gasteiger partial charge in [0.2, 0.25) is 0 Å². The van der Waals surface area contributed by atoms with Crippen LogP contribution in [0, 0.1) is 13.8 Å². The van der Waals surface area contributed by atoms with E-state index in [4.69, 9.17) is 4.99 Å². The Kier molecular flexibility index (Phi) is 5.51. The van der Waals surface area contributed by atoms with E-state index in [9.17, 15) is 13.2 Å². The molecule has 0 amide bonds. The largest absolute Gasteiger partial charge is 0.418 e. The highest BCUT2D eigenvalue weighted by atomic mass is 32.2. The Morgan fingerprint density at radius 3 is 2.55 bits per heavy atom. The highest BCUT2D eigenvalue weighted by molar-refractivity contribution is 8.14. The standard InChI is InChI=1S/C25H25F3N4S/c1-4-17-14-33-24-30-22(20-10-7-8-12-29-20)23(32(17)24)18-13-15(2)31(16(18)3)21-11-6-5-9-19(21)25(26,27)28/h5-13,17,22-23H,4,14H2,1-3H3/t17-,22-,23+/m1/s1. The summed E-state index contributed by atoms with van der Waals surface area (Å²) < 4.78 is 43.2. The number of aryl methyl sites for hydroxylation is 1. The highest BCUT2D eigenvalue weighted by Crippen LogP contribution is 2.50. The summed E-state index contributed by atoms with van der Waals surface area (Å²) in [6.07, 6.45) is -1.69. The van der Waals surface area contributed by atoms with E-state index in [1.54, 1.807) is 34.7 Å². The molecule has 1 fully saturated rings. The first-order chi connectivity index (χ1) is 15.8. The van der Waals surface area contributed by atoms with Crippen LogP contribution >= 0.6 is 11.8 Å². The van der Waals surface area contributed by atoms with E-state index in [2.05, 4.69) is 16.8 Å². The summed E-state index contributed by atoms with van der Waals surface area (Å²) in [5.74, 6) is 0.969. The van der Waals surface area contributed by atoms with Gasteiger partial charge in [-0.15, -0.1) is 0 Å². The Morgan fingerprint density at radius 2 is 1.85 bits per heavy atom. The monoisotopic (exact) mass is 470 g/mol. The maximum Gasteiger partial charge on any atom is 0.418 e. The van der Waals surface area contributed by atoms with Crippen molar-refractivity contribution in [3.8, 4) is 5.69 Å². The lowest BCUT2D eigenvalue weighted by Gasteiger charge is -2.32. The molecule has 3 atom stereocenters. The minimum Gasteiger partial charge on any atom is -0.338 e. The number of pyridine rings is 1. The molecule has 0 spiro atoms. The quantitative estimate of drug-likeness (QED) is 0.437. The Labute approximate surface area is 195 Å². The number of fused-ring (bicyclic) bond motifs is 1. The number of amidine groups is 1. The van der Waals surface area contributed by atoms with Crippen LogP contribution in [0.1, 0.15) is 53.6 Å². The molecule has 0 bridgehead atoms. The maximum atomic E-state index is 13.8. The van der Waals surface area contributed by atoms with Crippen molar-refractivity contribution < 1.29 is 13.2 Å². The van der Waals surface area contributed by atoms with Crippen LogP contribution in [-0.4, -0.2) is 31.4 Å². The van der Waals surface area contributed by atoms with E-state index in [0.29, 0.717) is 6.04 Å². The molecule has 2 aliphatic heterocycles. The maximum absolute atomic E-state index is 13.8. The molecule has 0 radical (unpaired) electrons. The van der Waals surface area contributed by atoms with E-state index < -0.39 is 11.7 Å². The SMILES string of the molecule is CC[C@@H]1CSC2=N[C@H](c3ccccn3)[C@H](c3cc(C)n(-c4ccccc4C(F)(F)F)c3C)N21. The molecule has 1 saturated heterocycles. The molecule has 8 heteroatoms. The summed E-state index contributed by atoms with van der Waals surface area (Å²) in [5.41, 5.74) is 2.97. The van der Waals surface area contributed by atoms with E-state index in [1.165, 1.54) is 6.07 Å². The zero-order chi connectivity index (χ0) is 23.3. The number of rotatable bonds is 4. The molecule has 2 aromatic heterocycles. The smallest absolute Gasteiger partial charge is 0.338 e. The molecule has 3 aromatic rings. The van der Waals surface area contributed by atoms with Crippen LogP contribution in [0.25, 0.3) is 5.69 Å². The lowest BCUT2D eigenvalue weighted by Crippen LogP contribution is -2.35. The van der Waals surface area contributed by atoms with Crippen LogP contribution in [0.2, 0.25) is 0 Å². The van der Waals surface area contributed by atoms with Crippen LogP contribution in [0.5, 0.6) is 0 Å². The first kappa shape index (κ1) is 22.1. The third-order valence-corrected chi connectivity index (χ3v) is 7.69. The second kappa shape index (κ2) is 8.24. The summed E-state index contributed by atoms with van der Waals surface area (Å²) in [6, 6.07) is 13.6. The number of aromatic nitrogens is 2. The molecular formula is C25H25F3N4S. The van der Waals surface area contributed by atoms with Crippen molar-refractivity contribution >= 4 is 16.9 Å². The van der Waals surface area contributed by atoms with Gasteiger partial charge >= 0.3 is 6.18 Å². The van der Waals surface area contributed by atoms with Gasteiger partial charge in [-0.25, -0.2) is 0 Å². The van der Waals surface area contributed by atoms with Gasteiger partial charge in [-0.05, 0) is 56.2 Å². The zero-order valence-electron chi connectivity index (χ0n) is 18.7. The Balaban J connectivity index is 1.67. The summed E-state index contributed by atoms with van der Waals surface area (Å²) in [4.78, 5) is 12.0. The molecule has 4 nitrogen and oxygen atoms in total. The first-order valence-corrected chi connectivity index (χ1v) is 12.0. The highest BCUT2D eigenvalue weighted by Gasteiger charge is 2.46. The second-order valence-corrected chi connectivity index (χ2v) is 9.50.